The summed E-state index contributed by atoms with van der Waals surface area (Å²) < 4.78 is 27.0. The lowest BCUT2D eigenvalue weighted by Crippen LogP contribution is -2.86. The highest BCUT2D eigenvalue weighted by molar-refractivity contribution is 5.36. The summed E-state index contributed by atoms with van der Waals surface area (Å²) in [5, 5.41) is 13.2. The smallest absolute Gasteiger partial charge is 0.163 e. The van der Waals surface area contributed by atoms with Crippen molar-refractivity contribution in [2.75, 3.05) is 6.54 Å². The number of quaternary nitrogens is 1. The standard InChI is InChI=1S/C21H19F2NO/c22-19-12-10-18(11-13-19)21(25,17-7-2-1-3-8-17)15-24-14-16-6-4-5-9-20(16)23/h1-13,24-25H,14-15H2/p+1/t21-/m1/s1. The molecule has 3 rings (SSSR count). The molecule has 0 heterocycles. The Morgan fingerprint density at radius 2 is 1.36 bits per heavy atom. The van der Waals surface area contributed by atoms with E-state index in [1.807, 2.05) is 35.6 Å². The average Bonchev–Trinajstić information content (AvgIpc) is 2.64. The van der Waals surface area contributed by atoms with Gasteiger partial charge in [-0.05, 0) is 29.3 Å². The zero-order valence-electron chi connectivity index (χ0n) is 13.7. The zero-order chi connectivity index (χ0) is 17.7. The van der Waals surface area contributed by atoms with Gasteiger partial charge in [-0.25, -0.2) is 8.78 Å². The number of benzene rings is 3. The molecule has 0 aliphatic heterocycles. The van der Waals surface area contributed by atoms with E-state index in [4.69, 9.17) is 0 Å². The summed E-state index contributed by atoms with van der Waals surface area (Å²) in [6, 6.07) is 21.7. The normalized spacial score (nSPS) is 13.4. The van der Waals surface area contributed by atoms with Gasteiger partial charge in [0.05, 0.1) is 0 Å². The molecule has 0 bridgehead atoms. The third kappa shape index (κ3) is 3.92. The Bertz CT molecular complexity index is 821. The first kappa shape index (κ1) is 17.3. The van der Waals surface area contributed by atoms with Gasteiger partial charge in [-0.3, -0.25) is 0 Å². The van der Waals surface area contributed by atoms with Crippen molar-refractivity contribution in [3.05, 3.63) is 107 Å². The molecule has 1 atom stereocenters. The highest BCUT2D eigenvalue weighted by Gasteiger charge is 2.33. The Hall–Kier alpha value is -2.56. The van der Waals surface area contributed by atoms with Crippen LogP contribution in [0.4, 0.5) is 8.78 Å². The summed E-state index contributed by atoms with van der Waals surface area (Å²) in [4.78, 5) is 0. The maximum atomic E-state index is 13.8. The SMILES string of the molecule is O[C@](C[NH2+]Cc1ccccc1F)(c1ccccc1)c1ccc(F)cc1. The lowest BCUT2D eigenvalue weighted by Gasteiger charge is -2.27. The van der Waals surface area contributed by atoms with Crippen molar-refractivity contribution in [2.45, 2.75) is 12.1 Å². The van der Waals surface area contributed by atoms with Crippen LogP contribution in [0.2, 0.25) is 0 Å². The van der Waals surface area contributed by atoms with E-state index < -0.39 is 5.60 Å². The van der Waals surface area contributed by atoms with Crippen LogP contribution in [0.25, 0.3) is 0 Å². The van der Waals surface area contributed by atoms with Crippen LogP contribution in [0.15, 0.2) is 78.9 Å². The molecule has 3 N–H and O–H groups in total. The molecule has 0 aliphatic rings. The van der Waals surface area contributed by atoms with E-state index >= 15 is 0 Å². The minimum atomic E-state index is -1.29. The average molecular weight is 340 g/mol. The topological polar surface area (TPSA) is 36.8 Å². The van der Waals surface area contributed by atoms with E-state index in [0.717, 1.165) is 0 Å². The maximum Gasteiger partial charge on any atom is 0.163 e. The Labute approximate surface area is 145 Å². The third-order valence-corrected chi connectivity index (χ3v) is 4.33. The fourth-order valence-electron chi connectivity index (χ4n) is 2.94. The highest BCUT2D eigenvalue weighted by Crippen LogP contribution is 2.28. The van der Waals surface area contributed by atoms with Crippen LogP contribution in [0, 0.1) is 11.6 Å². The summed E-state index contributed by atoms with van der Waals surface area (Å²) in [5.74, 6) is -0.613. The summed E-state index contributed by atoms with van der Waals surface area (Å²) in [5.41, 5.74) is 0.605. The third-order valence-electron chi connectivity index (χ3n) is 4.33. The van der Waals surface area contributed by atoms with E-state index in [1.54, 1.807) is 30.3 Å². The van der Waals surface area contributed by atoms with Crippen LogP contribution >= 0.6 is 0 Å². The lowest BCUT2D eigenvalue weighted by atomic mass is 9.86. The first-order chi connectivity index (χ1) is 12.1. The molecule has 0 unspecified atom stereocenters. The number of hydrogen-bond donors (Lipinski definition) is 2. The van der Waals surface area contributed by atoms with Crippen molar-refractivity contribution in [3.8, 4) is 0 Å². The van der Waals surface area contributed by atoms with Gasteiger partial charge >= 0.3 is 0 Å². The van der Waals surface area contributed by atoms with Gasteiger partial charge in [0.2, 0.25) is 0 Å². The number of nitrogens with two attached hydrogens (primary N) is 1. The second-order valence-corrected chi connectivity index (χ2v) is 6.02. The van der Waals surface area contributed by atoms with Gasteiger partial charge < -0.3 is 10.4 Å². The predicted molar refractivity (Wildman–Crippen MR) is 92.7 cm³/mol. The lowest BCUT2D eigenvalue weighted by molar-refractivity contribution is -0.682. The molecule has 0 radical (unpaired) electrons. The van der Waals surface area contributed by atoms with Crippen LogP contribution in [-0.4, -0.2) is 11.7 Å². The molecule has 0 spiro atoms. The van der Waals surface area contributed by atoms with Gasteiger partial charge in [0.15, 0.2) is 5.60 Å². The maximum absolute atomic E-state index is 13.8. The molecule has 128 valence electrons. The molecule has 3 aromatic rings. The Balaban J connectivity index is 1.84. The molecule has 0 aliphatic carbocycles. The van der Waals surface area contributed by atoms with Crippen molar-refractivity contribution >= 4 is 0 Å². The second kappa shape index (κ2) is 7.55. The largest absolute Gasteiger partial charge is 0.375 e. The molecule has 0 aromatic heterocycles. The van der Waals surface area contributed by atoms with Crippen molar-refractivity contribution in [3.63, 3.8) is 0 Å². The summed E-state index contributed by atoms with van der Waals surface area (Å²) in [6.45, 7) is 0.694. The van der Waals surface area contributed by atoms with Gasteiger partial charge in [-0.1, -0.05) is 60.7 Å². The van der Waals surface area contributed by atoms with E-state index in [-0.39, 0.29) is 18.2 Å². The number of rotatable bonds is 6. The van der Waals surface area contributed by atoms with Crippen LogP contribution < -0.4 is 5.32 Å². The van der Waals surface area contributed by atoms with Gasteiger partial charge in [-0.2, -0.15) is 0 Å². The minimum absolute atomic E-state index is 0.260. The van der Waals surface area contributed by atoms with Gasteiger partial charge in [0.1, 0.15) is 24.7 Å². The minimum Gasteiger partial charge on any atom is -0.375 e. The van der Waals surface area contributed by atoms with Gasteiger partial charge in [0.25, 0.3) is 0 Å². The molecule has 3 aromatic carbocycles. The van der Waals surface area contributed by atoms with Crippen molar-refractivity contribution in [1.29, 1.82) is 0 Å². The molecule has 0 saturated heterocycles. The van der Waals surface area contributed by atoms with Crippen LogP contribution in [0.5, 0.6) is 0 Å². The molecule has 4 heteroatoms. The Morgan fingerprint density at radius 3 is 2.04 bits per heavy atom. The van der Waals surface area contributed by atoms with E-state index in [0.29, 0.717) is 23.2 Å². The number of aliphatic hydroxyl groups is 1. The predicted octanol–water partition coefficient (Wildman–Crippen LogP) is 2.96. The molecular weight excluding hydrogens is 320 g/mol. The molecular formula is C21H20F2NO+. The number of hydrogen-bond acceptors (Lipinski definition) is 1. The fraction of sp³-hybridized carbons (Fsp3) is 0.143. The quantitative estimate of drug-likeness (QED) is 0.711. The first-order valence-electron chi connectivity index (χ1n) is 8.18. The van der Waals surface area contributed by atoms with Crippen molar-refractivity contribution in [1.82, 2.24) is 0 Å². The Morgan fingerprint density at radius 1 is 0.760 bits per heavy atom. The highest BCUT2D eigenvalue weighted by atomic mass is 19.1. The van der Waals surface area contributed by atoms with Crippen LogP contribution in [0.3, 0.4) is 0 Å². The summed E-state index contributed by atoms with van der Waals surface area (Å²) in [6.07, 6.45) is 0. The summed E-state index contributed by atoms with van der Waals surface area (Å²) in [7, 11) is 0. The molecule has 0 saturated carbocycles. The van der Waals surface area contributed by atoms with Gasteiger partial charge in [0, 0.05) is 5.56 Å². The molecule has 2 nitrogen and oxygen atoms in total. The first-order valence-corrected chi connectivity index (χ1v) is 8.18. The fourth-order valence-corrected chi connectivity index (χ4v) is 2.94. The van der Waals surface area contributed by atoms with Crippen molar-refractivity contribution < 1.29 is 19.2 Å². The zero-order valence-corrected chi connectivity index (χ0v) is 13.7. The summed E-state index contributed by atoms with van der Waals surface area (Å²) >= 11 is 0. The Kier molecular flexibility index (Phi) is 5.22. The molecule has 0 fully saturated rings. The van der Waals surface area contributed by atoms with Gasteiger partial charge in [-0.15, -0.1) is 0 Å². The second-order valence-electron chi connectivity index (χ2n) is 6.02. The monoisotopic (exact) mass is 340 g/mol. The molecule has 0 amide bonds. The van der Waals surface area contributed by atoms with E-state index in [1.165, 1.54) is 18.2 Å². The number of halogens is 2. The van der Waals surface area contributed by atoms with E-state index in [9.17, 15) is 13.9 Å². The van der Waals surface area contributed by atoms with E-state index in [2.05, 4.69) is 0 Å². The van der Waals surface area contributed by atoms with Crippen molar-refractivity contribution in [2.24, 2.45) is 0 Å². The van der Waals surface area contributed by atoms with Crippen LogP contribution in [-0.2, 0) is 12.1 Å². The van der Waals surface area contributed by atoms with Crippen LogP contribution in [0.1, 0.15) is 16.7 Å². The molecule has 25 heavy (non-hydrogen) atoms.